The normalized spacial score (nSPS) is 8.22. The van der Waals surface area contributed by atoms with Crippen LogP contribution in [0.15, 0.2) is 18.2 Å². The molecule has 48 valence electrons. The van der Waals surface area contributed by atoms with Crippen LogP contribution in [0.4, 0.5) is 0 Å². The van der Waals surface area contributed by atoms with E-state index in [4.69, 9.17) is 11.6 Å². The maximum atomic E-state index is 5.65. The molecular weight excluding hydrogens is 215 g/mol. The average molecular weight is 222 g/mol. The SMILES string of the molecule is Cc1ccc[c-]c1Cl.[Mo]. The first-order valence-electron chi connectivity index (χ1n) is 2.43. The van der Waals surface area contributed by atoms with Gasteiger partial charge in [0.2, 0.25) is 0 Å². The van der Waals surface area contributed by atoms with Crippen LogP contribution >= 0.6 is 11.6 Å². The molecule has 9 heavy (non-hydrogen) atoms. The number of halogens is 1. The quantitative estimate of drug-likeness (QED) is 0.466. The standard InChI is InChI=1S/C7H6Cl.Mo/c1-6-4-2-3-5-7(6)8;/h2-4H,1H3;/q-1;. The van der Waals surface area contributed by atoms with Crippen molar-refractivity contribution in [2.45, 2.75) is 6.92 Å². The molecule has 0 atom stereocenters. The maximum Gasteiger partial charge on any atom is 0 e. The summed E-state index contributed by atoms with van der Waals surface area (Å²) in [6.45, 7) is 1.96. The molecule has 0 spiro atoms. The van der Waals surface area contributed by atoms with E-state index in [1.54, 1.807) is 6.07 Å². The van der Waals surface area contributed by atoms with Gasteiger partial charge in [-0.25, -0.2) is 0 Å². The first kappa shape index (κ1) is 9.20. The van der Waals surface area contributed by atoms with Crippen LogP contribution in [0.2, 0.25) is 5.02 Å². The molecule has 0 heterocycles. The number of benzene rings is 1. The second kappa shape index (κ2) is 4.08. The summed E-state index contributed by atoms with van der Waals surface area (Å²) in [7, 11) is 0. The van der Waals surface area contributed by atoms with E-state index in [0.717, 1.165) is 5.56 Å². The number of aryl methyl sites for hydroxylation is 1. The van der Waals surface area contributed by atoms with E-state index in [1.807, 2.05) is 19.1 Å². The van der Waals surface area contributed by atoms with E-state index in [0.29, 0.717) is 5.02 Å². The zero-order valence-corrected chi connectivity index (χ0v) is 7.78. The fourth-order valence-corrected chi connectivity index (χ4v) is 0.627. The Morgan fingerprint density at radius 1 is 1.56 bits per heavy atom. The maximum absolute atomic E-state index is 5.65. The van der Waals surface area contributed by atoms with Crippen molar-refractivity contribution in [3.63, 3.8) is 0 Å². The molecule has 0 bridgehead atoms. The molecule has 0 saturated heterocycles. The van der Waals surface area contributed by atoms with Crippen molar-refractivity contribution in [3.8, 4) is 0 Å². The van der Waals surface area contributed by atoms with Crippen LogP contribution < -0.4 is 0 Å². The Hall–Kier alpha value is 0.198. The second-order valence-corrected chi connectivity index (χ2v) is 2.05. The summed E-state index contributed by atoms with van der Waals surface area (Å²) in [6.07, 6.45) is 0. The smallest absolute Gasteiger partial charge is 0 e. The van der Waals surface area contributed by atoms with Crippen molar-refractivity contribution in [1.82, 2.24) is 0 Å². The molecule has 2 heteroatoms. The predicted octanol–water partition coefficient (Wildman–Crippen LogP) is 2.45. The van der Waals surface area contributed by atoms with Gasteiger partial charge >= 0.3 is 0 Å². The van der Waals surface area contributed by atoms with Crippen molar-refractivity contribution in [1.29, 1.82) is 0 Å². The summed E-state index contributed by atoms with van der Waals surface area (Å²) in [5, 5.41) is 0.715. The Kier molecular flexibility index (Phi) is 4.17. The third-order valence-electron chi connectivity index (χ3n) is 0.999. The van der Waals surface area contributed by atoms with E-state index in [9.17, 15) is 0 Å². The van der Waals surface area contributed by atoms with Gasteiger partial charge < -0.3 is 0 Å². The van der Waals surface area contributed by atoms with Crippen LogP contribution in [-0.2, 0) is 21.1 Å². The van der Waals surface area contributed by atoms with Crippen LogP contribution in [0.1, 0.15) is 5.56 Å². The zero-order valence-electron chi connectivity index (χ0n) is 5.02. The molecule has 0 saturated carbocycles. The number of rotatable bonds is 0. The summed E-state index contributed by atoms with van der Waals surface area (Å²) >= 11 is 5.65. The van der Waals surface area contributed by atoms with E-state index in [-0.39, 0.29) is 21.1 Å². The van der Waals surface area contributed by atoms with Gasteiger partial charge in [0.25, 0.3) is 0 Å². The van der Waals surface area contributed by atoms with Crippen LogP contribution in [0.25, 0.3) is 0 Å². The van der Waals surface area contributed by atoms with Gasteiger partial charge in [-0.05, 0) is 0 Å². The molecule has 0 aliphatic carbocycles. The van der Waals surface area contributed by atoms with Gasteiger partial charge in [-0.2, -0.15) is 24.3 Å². The summed E-state index contributed by atoms with van der Waals surface area (Å²) in [5.74, 6) is 0. The van der Waals surface area contributed by atoms with Crippen molar-refractivity contribution in [2.24, 2.45) is 0 Å². The van der Waals surface area contributed by atoms with E-state index >= 15 is 0 Å². The molecule has 0 nitrogen and oxygen atoms in total. The minimum absolute atomic E-state index is 0. The summed E-state index contributed by atoms with van der Waals surface area (Å²) in [4.78, 5) is 0. The monoisotopic (exact) mass is 223 g/mol. The number of hydrogen-bond donors (Lipinski definition) is 0. The molecule has 0 amide bonds. The van der Waals surface area contributed by atoms with E-state index in [2.05, 4.69) is 6.07 Å². The molecule has 0 aliphatic rings. The fraction of sp³-hybridized carbons (Fsp3) is 0.143. The Balaban J connectivity index is 0.000000640. The fourth-order valence-electron chi connectivity index (χ4n) is 0.501. The summed E-state index contributed by atoms with van der Waals surface area (Å²) < 4.78 is 0. The first-order chi connectivity index (χ1) is 3.80. The van der Waals surface area contributed by atoms with Crippen LogP contribution in [0.3, 0.4) is 0 Å². The molecule has 0 N–H and O–H groups in total. The average Bonchev–Trinajstić information content (AvgIpc) is 1.77. The van der Waals surface area contributed by atoms with Crippen LogP contribution in [0, 0.1) is 13.0 Å². The Bertz CT molecular complexity index is 165. The third kappa shape index (κ3) is 2.51. The molecule has 0 aromatic heterocycles. The summed E-state index contributed by atoms with van der Waals surface area (Å²) in [6, 6.07) is 8.54. The molecule has 0 radical (unpaired) electrons. The van der Waals surface area contributed by atoms with Crippen molar-refractivity contribution in [3.05, 3.63) is 34.9 Å². The van der Waals surface area contributed by atoms with Gasteiger partial charge in [-0.15, -0.1) is 17.2 Å². The van der Waals surface area contributed by atoms with Crippen LogP contribution in [0.5, 0.6) is 0 Å². The van der Waals surface area contributed by atoms with Gasteiger partial charge in [0, 0.05) is 21.1 Å². The summed E-state index contributed by atoms with van der Waals surface area (Å²) in [5.41, 5.74) is 1.08. The molecule has 1 rings (SSSR count). The number of hydrogen-bond acceptors (Lipinski definition) is 0. The minimum atomic E-state index is 0. The van der Waals surface area contributed by atoms with Gasteiger partial charge in [0.05, 0.1) is 0 Å². The Labute approximate surface area is 74.5 Å². The predicted molar refractivity (Wildman–Crippen MR) is 35.0 cm³/mol. The molecule has 1 aromatic carbocycles. The first-order valence-corrected chi connectivity index (χ1v) is 2.81. The zero-order chi connectivity index (χ0) is 5.98. The molecule has 1 aromatic rings. The Morgan fingerprint density at radius 3 is 2.56 bits per heavy atom. The van der Waals surface area contributed by atoms with E-state index in [1.165, 1.54) is 0 Å². The topological polar surface area (TPSA) is 0 Å². The van der Waals surface area contributed by atoms with Crippen molar-refractivity contribution in [2.75, 3.05) is 0 Å². The largest absolute Gasteiger partial charge is 0.176 e. The van der Waals surface area contributed by atoms with E-state index < -0.39 is 0 Å². The minimum Gasteiger partial charge on any atom is -0.176 e. The van der Waals surface area contributed by atoms with Gasteiger partial charge in [-0.1, -0.05) is 11.9 Å². The van der Waals surface area contributed by atoms with Crippen molar-refractivity contribution >= 4 is 11.6 Å². The third-order valence-corrected chi connectivity index (χ3v) is 1.41. The van der Waals surface area contributed by atoms with Crippen molar-refractivity contribution < 1.29 is 21.1 Å². The Morgan fingerprint density at radius 2 is 2.22 bits per heavy atom. The molecule has 0 unspecified atom stereocenters. The van der Waals surface area contributed by atoms with Gasteiger partial charge in [0.1, 0.15) is 0 Å². The molecule has 0 fully saturated rings. The van der Waals surface area contributed by atoms with Crippen LogP contribution in [-0.4, -0.2) is 0 Å². The second-order valence-electron chi connectivity index (χ2n) is 1.67. The molecular formula is C7H6ClMo-. The van der Waals surface area contributed by atoms with Gasteiger partial charge in [0.15, 0.2) is 0 Å². The van der Waals surface area contributed by atoms with Gasteiger partial charge in [-0.3, -0.25) is 0 Å². The molecule has 0 aliphatic heterocycles.